The molecule has 0 aliphatic rings. The van der Waals surface area contributed by atoms with Crippen molar-refractivity contribution in [1.82, 2.24) is 0 Å². The number of hydrogen-bond acceptors (Lipinski definition) is 0. The summed E-state index contributed by atoms with van der Waals surface area (Å²) in [7, 11) is 0. The van der Waals surface area contributed by atoms with Crippen LogP contribution in [0, 0.1) is 0 Å². The van der Waals surface area contributed by atoms with E-state index in [9.17, 15) is 0 Å². The average molecular weight is 320 g/mol. The van der Waals surface area contributed by atoms with Crippen molar-refractivity contribution in [3.63, 3.8) is 0 Å². The predicted molar refractivity (Wildman–Crippen MR) is 70.0 cm³/mol. The van der Waals surface area contributed by atoms with E-state index >= 15 is 0 Å². The Bertz CT molecular complexity index is 301. The van der Waals surface area contributed by atoms with Gasteiger partial charge in [-0.2, -0.15) is 0 Å². The highest BCUT2D eigenvalue weighted by molar-refractivity contribution is 9.11. The van der Waals surface area contributed by atoms with Crippen molar-refractivity contribution >= 4 is 31.9 Å². The zero-order valence-electron chi connectivity index (χ0n) is 8.95. The third-order valence-corrected chi connectivity index (χ3v) is 4.03. The Hall–Kier alpha value is 0.180. The lowest BCUT2D eigenvalue weighted by atomic mass is 9.96. The molecule has 0 aliphatic heterocycles. The quantitative estimate of drug-likeness (QED) is 0.743. The van der Waals surface area contributed by atoms with Gasteiger partial charge in [-0.25, -0.2) is 0 Å². The van der Waals surface area contributed by atoms with Crippen LogP contribution in [0.1, 0.15) is 37.5 Å². The lowest BCUT2D eigenvalue weighted by Gasteiger charge is -2.15. The predicted octanol–water partition coefficient (Wildman–Crippen LogP) is 4.90. The van der Waals surface area contributed by atoms with Crippen LogP contribution in [-0.4, -0.2) is 0 Å². The van der Waals surface area contributed by atoms with Gasteiger partial charge in [0.25, 0.3) is 0 Å². The molecule has 0 aliphatic carbocycles. The Morgan fingerprint density at radius 2 is 1.14 bits per heavy atom. The van der Waals surface area contributed by atoms with Gasteiger partial charge in [-0.1, -0.05) is 52.6 Å². The van der Waals surface area contributed by atoms with E-state index in [0.29, 0.717) is 0 Å². The van der Waals surface area contributed by atoms with E-state index in [4.69, 9.17) is 0 Å². The second kappa shape index (κ2) is 5.32. The molecule has 0 fully saturated rings. The van der Waals surface area contributed by atoms with E-state index in [1.807, 2.05) is 0 Å². The zero-order valence-corrected chi connectivity index (χ0v) is 12.1. The number of hydrogen-bond donors (Lipinski definition) is 0. The van der Waals surface area contributed by atoms with Gasteiger partial charge in [0.05, 0.1) is 0 Å². The first-order valence-electron chi connectivity index (χ1n) is 5.14. The van der Waals surface area contributed by atoms with Crippen molar-refractivity contribution in [1.29, 1.82) is 0 Å². The molecule has 0 saturated carbocycles. The molecule has 0 N–H and O–H groups in total. The molecule has 0 bridgehead atoms. The van der Waals surface area contributed by atoms with Crippen molar-refractivity contribution in [3.8, 4) is 0 Å². The zero-order chi connectivity index (χ0) is 10.7. The summed E-state index contributed by atoms with van der Waals surface area (Å²) in [5.41, 5.74) is 4.44. The maximum Gasteiger partial charge on any atom is 0.0221 e. The van der Waals surface area contributed by atoms with Crippen molar-refractivity contribution in [3.05, 3.63) is 31.7 Å². The Kier molecular flexibility index (Phi) is 4.65. The lowest BCUT2D eigenvalue weighted by molar-refractivity contribution is 0.968. The second-order valence-electron chi connectivity index (χ2n) is 3.34. The van der Waals surface area contributed by atoms with Crippen LogP contribution in [0.2, 0.25) is 0 Å². The molecule has 0 heterocycles. The number of halogens is 2. The minimum absolute atomic E-state index is 1.10. The number of benzene rings is 1. The van der Waals surface area contributed by atoms with Crippen LogP contribution < -0.4 is 0 Å². The molecule has 14 heavy (non-hydrogen) atoms. The maximum absolute atomic E-state index is 3.63. The molecule has 0 radical (unpaired) electrons. The highest BCUT2D eigenvalue weighted by Crippen LogP contribution is 2.31. The van der Waals surface area contributed by atoms with Crippen LogP contribution in [0.3, 0.4) is 0 Å². The van der Waals surface area contributed by atoms with Crippen molar-refractivity contribution < 1.29 is 0 Å². The smallest absolute Gasteiger partial charge is 0.0221 e. The first-order valence-corrected chi connectivity index (χ1v) is 6.72. The molecule has 0 aromatic heterocycles. The normalized spacial score (nSPS) is 10.6. The van der Waals surface area contributed by atoms with Gasteiger partial charge in [0, 0.05) is 8.95 Å². The topological polar surface area (TPSA) is 0 Å². The Morgan fingerprint density at radius 3 is 1.43 bits per heavy atom. The molecule has 1 rings (SSSR count). The molecule has 0 nitrogen and oxygen atoms in total. The van der Waals surface area contributed by atoms with E-state index in [2.05, 4.69) is 58.7 Å². The van der Waals surface area contributed by atoms with Gasteiger partial charge >= 0.3 is 0 Å². The molecule has 0 unspecified atom stereocenters. The van der Waals surface area contributed by atoms with Crippen LogP contribution in [-0.2, 0) is 19.3 Å². The summed E-state index contributed by atoms with van der Waals surface area (Å²) < 4.78 is 2.47. The van der Waals surface area contributed by atoms with E-state index < -0.39 is 0 Å². The summed E-state index contributed by atoms with van der Waals surface area (Å²) in [5, 5.41) is 0. The number of rotatable bonds is 3. The van der Waals surface area contributed by atoms with Gasteiger partial charge < -0.3 is 0 Å². The Labute approximate surface area is 103 Å². The van der Waals surface area contributed by atoms with Gasteiger partial charge in [-0.3, -0.25) is 0 Å². The Balaban J connectivity index is 3.43. The fourth-order valence-corrected chi connectivity index (χ4v) is 3.75. The molecule has 0 amide bonds. The highest BCUT2D eigenvalue weighted by atomic mass is 79.9. The summed E-state index contributed by atoms with van der Waals surface area (Å²) in [6.07, 6.45) is 3.32. The Morgan fingerprint density at radius 1 is 0.786 bits per heavy atom. The van der Waals surface area contributed by atoms with Crippen LogP contribution in [0.4, 0.5) is 0 Å². The first kappa shape index (κ1) is 12.3. The van der Waals surface area contributed by atoms with E-state index in [1.165, 1.54) is 25.6 Å². The fraction of sp³-hybridized carbons (Fsp3) is 0.500. The summed E-state index contributed by atoms with van der Waals surface area (Å²) in [4.78, 5) is 0. The van der Waals surface area contributed by atoms with Gasteiger partial charge in [-0.15, -0.1) is 0 Å². The molecule has 78 valence electrons. The highest BCUT2D eigenvalue weighted by Gasteiger charge is 2.11. The standard InChI is InChI=1S/C12H16Br2/c1-4-8-9(5-2)11(13)7-12(14)10(8)6-3/h7H,4-6H2,1-3H3. The van der Waals surface area contributed by atoms with Gasteiger partial charge in [0.2, 0.25) is 0 Å². The lowest BCUT2D eigenvalue weighted by Crippen LogP contribution is -2.00. The van der Waals surface area contributed by atoms with Gasteiger partial charge in [0.1, 0.15) is 0 Å². The van der Waals surface area contributed by atoms with Crippen molar-refractivity contribution in [2.24, 2.45) is 0 Å². The molecule has 1 aromatic rings. The van der Waals surface area contributed by atoms with E-state index in [1.54, 1.807) is 0 Å². The largest absolute Gasteiger partial charge is 0.0613 e. The average Bonchev–Trinajstić information content (AvgIpc) is 2.16. The third-order valence-electron chi connectivity index (χ3n) is 2.62. The molecule has 0 spiro atoms. The van der Waals surface area contributed by atoms with Crippen LogP contribution >= 0.6 is 31.9 Å². The third kappa shape index (κ3) is 2.22. The van der Waals surface area contributed by atoms with Gasteiger partial charge in [0.15, 0.2) is 0 Å². The summed E-state index contributed by atoms with van der Waals surface area (Å²) in [6.45, 7) is 6.66. The minimum atomic E-state index is 1.10. The molecule has 0 atom stereocenters. The summed E-state index contributed by atoms with van der Waals surface area (Å²) in [6, 6.07) is 2.18. The first-order chi connectivity index (χ1) is 6.65. The molecule has 1 aromatic carbocycles. The maximum atomic E-state index is 3.63. The fourth-order valence-electron chi connectivity index (χ4n) is 1.95. The van der Waals surface area contributed by atoms with Crippen LogP contribution in [0.5, 0.6) is 0 Å². The summed E-state index contributed by atoms with van der Waals surface area (Å²) >= 11 is 7.26. The monoisotopic (exact) mass is 318 g/mol. The summed E-state index contributed by atoms with van der Waals surface area (Å²) in [5.74, 6) is 0. The van der Waals surface area contributed by atoms with E-state index in [-0.39, 0.29) is 0 Å². The van der Waals surface area contributed by atoms with Crippen molar-refractivity contribution in [2.45, 2.75) is 40.0 Å². The second-order valence-corrected chi connectivity index (χ2v) is 5.05. The van der Waals surface area contributed by atoms with Crippen molar-refractivity contribution in [2.75, 3.05) is 0 Å². The molecular weight excluding hydrogens is 304 g/mol. The van der Waals surface area contributed by atoms with E-state index in [0.717, 1.165) is 19.3 Å². The SMILES string of the molecule is CCc1c(Br)cc(Br)c(CC)c1CC. The van der Waals surface area contributed by atoms with Crippen LogP contribution in [0.25, 0.3) is 0 Å². The van der Waals surface area contributed by atoms with Crippen LogP contribution in [0.15, 0.2) is 15.0 Å². The molecular formula is C12H16Br2. The molecule has 0 saturated heterocycles. The molecule has 2 heteroatoms. The van der Waals surface area contributed by atoms with Gasteiger partial charge in [-0.05, 0) is 42.0 Å². The minimum Gasteiger partial charge on any atom is -0.0613 e.